The summed E-state index contributed by atoms with van der Waals surface area (Å²) in [6, 6.07) is 0. The molecule has 0 aromatic heterocycles. The minimum Gasteiger partial charge on any atom is -0.469 e. The first kappa shape index (κ1) is 10.4. The third kappa shape index (κ3) is 2.84. The summed E-state index contributed by atoms with van der Waals surface area (Å²) in [6.07, 6.45) is 0. The van der Waals surface area contributed by atoms with E-state index in [2.05, 4.69) is 4.74 Å². The first-order chi connectivity index (χ1) is 4.93. The summed E-state index contributed by atoms with van der Waals surface area (Å²) in [4.78, 5) is 10.8. The number of ether oxygens (including phenoxy) is 1. The summed E-state index contributed by atoms with van der Waals surface area (Å²) < 4.78 is 17.5. The summed E-state index contributed by atoms with van der Waals surface area (Å²) in [7, 11) is 1.22. The largest absolute Gasteiger partial charge is 0.469 e. The zero-order valence-corrected chi connectivity index (χ0v) is 7.06. The van der Waals surface area contributed by atoms with E-state index in [4.69, 9.17) is 5.73 Å². The Hall–Kier alpha value is -0.640. The molecule has 11 heavy (non-hydrogen) atoms. The third-order valence-corrected chi connectivity index (χ3v) is 1.55. The molecule has 0 amide bonds. The van der Waals surface area contributed by atoms with Gasteiger partial charge in [0, 0.05) is 6.54 Å². The van der Waals surface area contributed by atoms with E-state index in [1.54, 1.807) is 0 Å². The number of hydrogen-bond donors (Lipinski definition) is 1. The molecule has 0 spiro atoms. The summed E-state index contributed by atoms with van der Waals surface area (Å²) in [5.74, 6) is -1.47. The van der Waals surface area contributed by atoms with Crippen molar-refractivity contribution in [2.24, 2.45) is 11.7 Å². The zero-order chi connectivity index (χ0) is 9.07. The second-order valence-electron chi connectivity index (χ2n) is 2.88. The lowest BCUT2D eigenvalue weighted by Gasteiger charge is -2.22. The van der Waals surface area contributed by atoms with Crippen molar-refractivity contribution < 1.29 is 13.9 Å². The lowest BCUT2D eigenvalue weighted by Crippen LogP contribution is -2.39. The molecule has 2 N–H and O–H groups in total. The molecule has 0 aliphatic carbocycles. The van der Waals surface area contributed by atoms with E-state index in [9.17, 15) is 9.18 Å². The maximum atomic E-state index is 13.1. The van der Waals surface area contributed by atoms with Crippen molar-refractivity contribution in [1.29, 1.82) is 0 Å². The van der Waals surface area contributed by atoms with Crippen LogP contribution < -0.4 is 5.73 Å². The number of nitrogens with two attached hydrogens (primary N) is 1. The summed E-state index contributed by atoms with van der Waals surface area (Å²) >= 11 is 0. The van der Waals surface area contributed by atoms with Crippen LogP contribution in [-0.2, 0) is 9.53 Å². The van der Waals surface area contributed by atoms with Gasteiger partial charge in [-0.25, -0.2) is 4.39 Å². The van der Waals surface area contributed by atoms with E-state index >= 15 is 0 Å². The van der Waals surface area contributed by atoms with Crippen LogP contribution in [0.2, 0.25) is 0 Å². The molecule has 0 aromatic rings. The first-order valence-corrected chi connectivity index (χ1v) is 3.40. The van der Waals surface area contributed by atoms with E-state index in [-0.39, 0.29) is 6.54 Å². The normalized spacial score (nSPS) is 14.3. The fourth-order valence-corrected chi connectivity index (χ4v) is 0.799. The second kappa shape index (κ2) is 3.67. The maximum Gasteiger partial charge on any atom is 0.313 e. The Morgan fingerprint density at radius 2 is 2.18 bits per heavy atom. The van der Waals surface area contributed by atoms with Crippen LogP contribution in [0.3, 0.4) is 0 Å². The van der Waals surface area contributed by atoms with Gasteiger partial charge in [0.25, 0.3) is 0 Å². The van der Waals surface area contributed by atoms with E-state index in [1.165, 1.54) is 21.0 Å². The van der Waals surface area contributed by atoms with E-state index in [0.29, 0.717) is 0 Å². The third-order valence-electron chi connectivity index (χ3n) is 1.55. The molecule has 1 atom stereocenters. The Labute approximate surface area is 65.7 Å². The van der Waals surface area contributed by atoms with Gasteiger partial charge in [-0.15, -0.1) is 0 Å². The molecular weight excluding hydrogens is 149 g/mol. The molecular formula is C7H14FNO2. The minimum atomic E-state index is -1.61. The summed E-state index contributed by atoms with van der Waals surface area (Å²) in [5, 5.41) is 0. The van der Waals surface area contributed by atoms with Crippen LogP contribution in [-0.4, -0.2) is 25.3 Å². The quantitative estimate of drug-likeness (QED) is 0.616. The van der Waals surface area contributed by atoms with Gasteiger partial charge in [-0.05, 0) is 13.8 Å². The molecule has 0 aliphatic heterocycles. The molecule has 0 radical (unpaired) electrons. The van der Waals surface area contributed by atoms with Crippen molar-refractivity contribution in [2.75, 3.05) is 13.7 Å². The second-order valence-corrected chi connectivity index (χ2v) is 2.88. The highest BCUT2D eigenvalue weighted by Crippen LogP contribution is 2.21. The number of esters is 1. The van der Waals surface area contributed by atoms with Gasteiger partial charge >= 0.3 is 5.97 Å². The van der Waals surface area contributed by atoms with Crippen LogP contribution >= 0.6 is 0 Å². The summed E-state index contributed by atoms with van der Waals surface area (Å²) in [6.45, 7) is 2.58. The molecule has 0 fully saturated rings. The molecule has 3 nitrogen and oxygen atoms in total. The predicted octanol–water partition coefficient (Wildman–Crippen LogP) is 0.482. The van der Waals surface area contributed by atoms with Crippen molar-refractivity contribution >= 4 is 5.97 Å². The van der Waals surface area contributed by atoms with Gasteiger partial charge in [0.2, 0.25) is 0 Å². The van der Waals surface area contributed by atoms with Gasteiger partial charge in [0.05, 0.1) is 7.11 Å². The van der Waals surface area contributed by atoms with Crippen molar-refractivity contribution in [3.63, 3.8) is 0 Å². The highest BCUT2D eigenvalue weighted by molar-refractivity contribution is 5.73. The van der Waals surface area contributed by atoms with Gasteiger partial charge in [-0.3, -0.25) is 4.79 Å². The topological polar surface area (TPSA) is 52.3 Å². The fraction of sp³-hybridized carbons (Fsp3) is 0.857. The van der Waals surface area contributed by atoms with Gasteiger partial charge in [0.15, 0.2) is 0 Å². The van der Waals surface area contributed by atoms with Gasteiger partial charge in [-0.1, -0.05) is 0 Å². The number of carbonyl (C=O) groups excluding carboxylic acids is 1. The Morgan fingerprint density at radius 1 is 1.73 bits per heavy atom. The lowest BCUT2D eigenvalue weighted by molar-refractivity contribution is -0.149. The van der Waals surface area contributed by atoms with Crippen LogP contribution in [0.1, 0.15) is 13.8 Å². The fourth-order valence-electron chi connectivity index (χ4n) is 0.799. The molecule has 66 valence electrons. The smallest absolute Gasteiger partial charge is 0.313 e. The van der Waals surface area contributed by atoms with E-state index in [1.807, 2.05) is 0 Å². The molecule has 0 saturated heterocycles. The highest BCUT2D eigenvalue weighted by atomic mass is 19.1. The molecule has 0 heterocycles. The number of halogens is 1. The lowest BCUT2D eigenvalue weighted by atomic mass is 9.93. The van der Waals surface area contributed by atoms with Crippen molar-refractivity contribution in [3.05, 3.63) is 0 Å². The van der Waals surface area contributed by atoms with Gasteiger partial charge < -0.3 is 10.5 Å². The SMILES string of the molecule is COC(=O)C(CN)C(C)(C)F. The number of methoxy groups -OCH3 is 1. The number of hydrogen-bond acceptors (Lipinski definition) is 3. The van der Waals surface area contributed by atoms with Gasteiger partial charge in [-0.2, -0.15) is 0 Å². The molecule has 0 rings (SSSR count). The van der Waals surface area contributed by atoms with Gasteiger partial charge in [0.1, 0.15) is 11.6 Å². The van der Waals surface area contributed by atoms with Crippen LogP contribution in [0, 0.1) is 5.92 Å². The van der Waals surface area contributed by atoms with Crippen LogP contribution in [0.15, 0.2) is 0 Å². The predicted molar refractivity (Wildman–Crippen MR) is 39.7 cm³/mol. The Kier molecular flexibility index (Phi) is 3.45. The molecule has 0 saturated carbocycles. The molecule has 0 aliphatic rings. The maximum absolute atomic E-state index is 13.1. The number of rotatable bonds is 3. The van der Waals surface area contributed by atoms with Crippen LogP contribution in [0.5, 0.6) is 0 Å². The average Bonchev–Trinajstić information content (AvgIpc) is 1.86. The number of carbonyl (C=O) groups is 1. The first-order valence-electron chi connectivity index (χ1n) is 3.40. The van der Waals surface area contributed by atoms with E-state index in [0.717, 1.165) is 0 Å². The Bertz CT molecular complexity index is 142. The average molecular weight is 163 g/mol. The Balaban J connectivity index is 4.29. The van der Waals surface area contributed by atoms with Crippen LogP contribution in [0.4, 0.5) is 4.39 Å². The monoisotopic (exact) mass is 163 g/mol. The number of alkyl halides is 1. The van der Waals surface area contributed by atoms with Crippen LogP contribution in [0.25, 0.3) is 0 Å². The molecule has 4 heteroatoms. The molecule has 0 bridgehead atoms. The summed E-state index contributed by atoms with van der Waals surface area (Å²) in [5.41, 5.74) is 3.59. The molecule has 1 unspecified atom stereocenters. The highest BCUT2D eigenvalue weighted by Gasteiger charge is 2.34. The van der Waals surface area contributed by atoms with Crippen molar-refractivity contribution in [1.82, 2.24) is 0 Å². The zero-order valence-electron chi connectivity index (χ0n) is 7.06. The van der Waals surface area contributed by atoms with Crippen molar-refractivity contribution in [3.8, 4) is 0 Å². The standard InChI is InChI=1S/C7H14FNO2/c1-7(2,8)5(4-9)6(10)11-3/h5H,4,9H2,1-3H3. The molecule has 0 aromatic carbocycles. The minimum absolute atomic E-state index is 0.0316. The Morgan fingerprint density at radius 3 is 2.27 bits per heavy atom. The van der Waals surface area contributed by atoms with Crippen molar-refractivity contribution in [2.45, 2.75) is 19.5 Å². The van der Waals surface area contributed by atoms with E-state index < -0.39 is 17.6 Å².